The molecule has 0 heterocycles. The molecule has 72 valence electrons. The standard InChI is InChI=1S/C8H17NO3/c1-12-6-4-2-3-5-9-7-8(10)11/h9H,2-7H2,1H3,(H,10,11). The second kappa shape index (κ2) is 8.49. The lowest BCUT2D eigenvalue weighted by atomic mass is 10.2. The molecule has 0 aromatic heterocycles. The van der Waals surface area contributed by atoms with Crippen molar-refractivity contribution in [2.75, 3.05) is 26.8 Å². The molecule has 0 spiro atoms. The fourth-order valence-electron chi connectivity index (χ4n) is 0.868. The number of carboxylic acids is 1. The van der Waals surface area contributed by atoms with Crippen molar-refractivity contribution in [3.05, 3.63) is 0 Å². The first kappa shape index (κ1) is 11.4. The summed E-state index contributed by atoms with van der Waals surface area (Å²) in [6.45, 7) is 1.62. The lowest BCUT2D eigenvalue weighted by molar-refractivity contribution is -0.135. The van der Waals surface area contributed by atoms with Crippen LogP contribution in [0, 0.1) is 0 Å². The molecule has 0 aliphatic heterocycles. The molecule has 0 aliphatic rings. The maximum atomic E-state index is 10.1. The Morgan fingerprint density at radius 3 is 2.75 bits per heavy atom. The van der Waals surface area contributed by atoms with Gasteiger partial charge in [-0.25, -0.2) is 0 Å². The predicted octanol–water partition coefficient (Wildman–Crippen LogP) is 0.477. The molecule has 0 rings (SSSR count). The van der Waals surface area contributed by atoms with Crippen molar-refractivity contribution in [3.8, 4) is 0 Å². The molecule has 0 aromatic rings. The smallest absolute Gasteiger partial charge is 0.317 e. The number of carbonyl (C=O) groups is 1. The summed E-state index contributed by atoms with van der Waals surface area (Å²) in [7, 11) is 1.68. The van der Waals surface area contributed by atoms with Crippen LogP contribution in [0.1, 0.15) is 19.3 Å². The van der Waals surface area contributed by atoms with Crippen molar-refractivity contribution in [2.45, 2.75) is 19.3 Å². The Hall–Kier alpha value is -0.610. The zero-order valence-corrected chi connectivity index (χ0v) is 7.51. The minimum absolute atomic E-state index is 0.0598. The van der Waals surface area contributed by atoms with Gasteiger partial charge in [0.2, 0.25) is 0 Å². The summed E-state index contributed by atoms with van der Waals surface area (Å²) in [5, 5.41) is 11.1. The average molecular weight is 175 g/mol. The molecule has 0 unspecified atom stereocenters. The highest BCUT2D eigenvalue weighted by molar-refractivity contribution is 5.68. The number of carboxylic acid groups (broad SMARTS) is 1. The quantitative estimate of drug-likeness (QED) is 0.527. The van der Waals surface area contributed by atoms with E-state index in [2.05, 4.69) is 5.32 Å². The van der Waals surface area contributed by atoms with Gasteiger partial charge in [0.15, 0.2) is 0 Å². The van der Waals surface area contributed by atoms with E-state index in [-0.39, 0.29) is 6.54 Å². The van der Waals surface area contributed by atoms with Crippen LogP contribution in [0.3, 0.4) is 0 Å². The van der Waals surface area contributed by atoms with Crippen LogP contribution in [0.4, 0.5) is 0 Å². The fraction of sp³-hybridized carbons (Fsp3) is 0.875. The van der Waals surface area contributed by atoms with Crippen molar-refractivity contribution >= 4 is 5.97 Å². The van der Waals surface area contributed by atoms with Crippen LogP contribution in [-0.2, 0) is 9.53 Å². The summed E-state index contributed by atoms with van der Waals surface area (Å²) >= 11 is 0. The summed E-state index contributed by atoms with van der Waals surface area (Å²) in [6.07, 6.45) is 3.14. The Labute approximate surface area is 72.9 Å². The van der Waals surface area contributed by atoms with E-state index in [1.54, 1.807) is 7.11 Å². The lowest BCUT2D eigenvalue weighted by Gasteiger charge is -2.01. The minimum atomic E-state index is -0.799. The van der Waals surface area contributed by atoms with Gasteiger partial charge in [-0.2, -0.15) is 0 Å². The van der Waals surface area contributed by atoms with Crippen LogP contribution >= 0.6 is 0 Å². The van der Waals surface area contributed by atoms with Crippen molar-refractivity contribution in [2.24, 2.45) is 0 Å². The Kier molecular flexibility index (Phi) is 8.05. The molecule has 0 saturated heterocycles. The minimum Gasteiger partial charge on any atom is -0.480 e. The van der Waals surface area contributed by atoms with Gasteiger partial charge in [0, 0.05) is 13.7 Å². The van der Waals surface area contributed by atoms with Crippen LogP contribution in [0.5, 0.6) is 0 Å². The third-order valence-electron chi connectivity index (χ3n) is 1.48. The zero-order chi connectivity index (χ0) is 9.23. The molecule has 4 heteroatoms. The molecule has 0 radical (unpaired) electrons. The van der Waals surface area contributed by atoms with Gasteiger partial charge in [0.1, 0.15) is 0 Å². The highest BCUT2D eigenvalue weighted by atomic mass is 16.5. The van der Waals surface area contributed by atoms with Crippen LogP contribution in [0.25, 0.3) is 0 Å². The van der Waals surface area contributed by atoms with Gasteiger partial charge < -0.3 is 15.2 Å². The van der Waals surface area contributed by atoms with E-state index in [9.17, 15) is 4.79 Å². The fourth-order valence-corrected chi connectivity index (χ4v) is 0.868. The number of aliphatic carboxylic acids is 1. The topological polar surface area (TPSA) is 58.6 Å². The molecular formula is C8H17NO3. The normalized spacial score (nSPS) is 10.1. The monoisotopic (exact) mass is 175 g/mol. The highest BCUT2D eigenvalue weighted by Gasteiger charge is 1.93. The first-order chi connectivity index (χ1) is 5.77. The van der Waals surface area contributed by atoms with Gasteiger partial charge in [0.05, 0.1) is 6.54 Å². The summed E-state index contributed by atoms with van der Waals surface area (Å²) in [6, 6.07) is 0. The molecule has 0 amide bonds. The first-order valence-electron chi connectivity index (χ1n) is 4.19. The van der Waals surface area contributed by atoms with Crippen LogP contribution in [-0.4, -0.2) is 37.9 Å². The van der Waals surface area contributed by atoms with Gasteiger partial charge in [-0.3, -0.25) is 4.79 Å². The maximum Gasteiger partial charge on any atom is 0.317 e. The number of nitrogens with one attached hydrogen (secondary N) is 1. The molecule has 0 aromatic carbocycles. The van der Waals surface area contributed by atoms with Crippen molar-refractivity contribution in [1.29, 1.82) is 0 Å². The van der Waals surface area contributed by atoms with Crippen LogP contribution in [0.15, 0.2) is 0 Å². The summed E-state index contributed by atoms with van der Waals surface area (Å²) in [4.78, 5) is 10.1. The van der Waals surface area contributed by atoms with Gasteiger partial charge in [-0.1, -0.05) is 0 Å². The van der Waals surface area contributed by atoms with Crippen LogP contribution in [0.2, 0.25) is 0 Å². The molecule has 0 fully saturated rings. The van der Waals surface area contributed by atoms with Gasteiger partial charge in [0.25, 0.3) is 0 Å². The largest absolute Gasteiger partial charge is 0.480 e. The molecule has 2 N–H and O–H groups in total. The number of unbranched alkanes of at least 4 members (excludes halogenated alkanes) is 2. The third kappa shape index (κ3) is 9.39. The van der Waals surface area contributed by atoms with Gasteiger partial charge >= 0.3 is 5.97 Å². The van der Waals surface area contributed by atoms with Crippen molar-refractivity contribution in [3.63, 3.8) is 0 Å². The number of hydrogen-bond donors (Lipinski definition) is 2. The van der Waals surface area contributed by atoms with Crippen LogP contribution < -0.4 is 5.32 Å². The van der Waals surface area contributed by atoms with Crippen molar-refractivity contribution in [1.82, 2.24) is 5.32 Å². The molecular weight excluding hydrogens is 158 g/mol. The Bertz CT molecular complexity index is 117. The van der Waals surface area contributed by atoms with E-state index < -0.39 is 5.97 Å². The molecule has 0 aliphatic carbocycles. The van der Waals surface area contributed by atoms with E-state index in [0.29, 0.717) is 0 Å². The number of methoxy groups -OCH3 is 1. The molecule has 0 saturated carbocycles. The summed E-state index contributed by atoms with van der Waals surface area (Å²) < 4.78 is 4.87. The van der Waals surface area contributed by atoms with Gasteiger partial charge in [-0.05, 0) is 25.8 Å². The molecule has 0 bridgehead atoms. The first-order valence-corrected chi connectivity index (χ1v) is 4.19. The maximum absolute atomic E-state index is 10.1. The summed E-state index contributed by atoms with van der Waals surface area (Å²) in [5.74, 6) is -0.799. The van der Waals surface area contributed by atoms with E-state index in [0.717, 1.165) is 32.4 Å². The zero-order valence-electron chi connectivity index (χ0n) is 7.51. The average Bonchev–Trinajstić information content (AvgIpc) is 2.02. The number of ether oxygens (including phenoxy) is 1. The van der Waals surface area contributed by atoms with Crippen molar-refractivity contribution < 1.29 is 14.6 Å². The molecule has 12 heavy (non-hydrogen) atoms. The second-order valence-electron chi connectivity index (χ2n) is 2.62. The Morgan fingerprint density at radius 2 is 2.17 bits per heavy atom. The van der Waals surface area contributed by atoms with E-state index >= 15 is 0 Å². The number of rotatable bonds is 8. The molecule has 0 atom stereocenters. The lowest BCUT2D eigenvalue weighted by Crippen LogP contribution is -2.23. The van der Waals surface area contributed by atoms with E-state index in [4.69, 9.17) is 9.84 Å². The van der Waals surface area contributed by atoms with E-state index in [1.807, 2.05) is 0 Å². The number of hydrogen-bond acceptors (Lipinski definition) is 3. The summed E-state index contributed by atoms with van der Waals surface area (Å²) in [5.41, 5.74) is 0. The SMILES string of the molecule is COCCCCCNCC(=O)O. The van der Waals surface area contributed by atoms with E-state index in [1.165, 1.54) is 0 Å². The highest BCUT2D eigenvalue weighted by Crippen LogP contribution is 1.93. The van der Waals surface area contributed by atoms with Gasteiger partial charge in [-0.15, -0.1) is 0 Å². The predicted molar refractivity (Wildman–Crippen MR) is 46.2 cm³/mol. The Morgan fingerprint density at radius 1 is 1.42 bits per heavy atom. The second-order valence-corrected chi connectivity index (χ2v) is 2.62. The third-order valence-corrected chi connectivity index (χ3v) is 1.48. The Balaban J connectivity index is 2.86. The molecule has 4 nitrogen and oxygen atoms in total.